The molecule has 1 aliphatic rings. The van der Waals surface area contributed by atoms with E-state index in [0.717, 1.165) is 32.7 Å². The van der Waals surface area contributed by atoms with Gasteiger partial charge in [0.15, 0.2) is 0 Å². The van der Waals surface area contributed by atoms with Crippen LogP contribution in [0.15, 0.2) is 24.3 Å². The van der Waals surface area contributed by atoms with Gasteiger partial charge in [0.1, 0.15) is 0 Å². The first-order chi connectivity index (χ1) is 9.20. The Morgan fingerprint density at radius 3 is 2.53 bits per heavy atom. The van der Waals surface area contributed by atoms with Crippen molar-refractivity contribution in [2.45, 2.75) is 19.4 Å². The Balaban J connectivity index is 1.84. The van der Waals surface area contributed by atoms with Gasteiger partial charge in [-0.1, -0.05) is 18.2 Å². The van der Waals surface area contributed by atoms with Crippen molar-refractivity contribution in [3.8, 4) is 0 Å². The molecule has 4 nitrogen and oxygen atoms in total. The first-order valence-electron chi connectivity index (χ1n) is 7.12. The van der Waals surface area contributed by atoms with Gasteiger partial charge in [0.05, 0.1) is 6.10 Å². The number of aryl methyl sites for hydroxylation is 1. The molecule has 4 heteroatoms. The third-order valence-corrected chi connectivity index (χ3v) is 3.80. The number of piperazine rings is 1. The maximum absolute atomic E-state index is 9.79. The number of aliphatic hydroxyl groups is 1. The lowest BCUT2D eigenvalue weighted by atomic mass is 10.1. The molecule has 0 aliphatic carbocycles. The second-order valence-electron chi connectivity index (χ2n) is 5.31. The number of rotatable bonds is 5. The highest BCUT2D eigenvalue weighted by molar-refractivity contribution is 5.53. The van der Waals surface area contributed by atoms with Crippen LogP contribution < -0.4 is 10.6 Å². The summed E-state index contributed by atoms with van der Waals surface area (Å²) in [6.45, 7) is 7.54. The largest absolute Gasteiger partial charge is 0.392 e. The van der Waals surface area contributed by atoms with Crippen molar-refractivity contribution in [2.24, 2.45) is 5.73 Å². The van der Waals surface area contributed by atoms with Crippen LogP contribution in [0, 0.1) is 6.92 Å². The number of hydrogen-bond donors (Lipinski definition) is 2. The first kappa shape index (κ1) is 14.3. The van der Waals surface area contributed by atoms with Gasteiger partial charge in [-0.05, 0) is 31.5 Å². The normalized spacial score (nSPS) is 18.6. The zero-order valence-corrected chi connectivity index (χ0v) is 11.8. The summed E-state index contributed by atoms with van der Waals surface area (Å²) in [6.07, 6.45) is 0.410. The lowest BCUT2D eigenvalue weighted by molar-refractivity contribution is 0.104. The Hall–Kier alpha value is -1.10. The van der Waals surface area contributed by atoms with E-state index in [-0.39, 0.29) is 6.10 Å². The number of aliphatic hydroxyl groups excluding tert-OH is 1. The fourth-order valence-electron chi connectivity index (χ4n) is 2.67. The van der Waals surface area contributed by atoms with Gasteiger partial charge in [-0.2, -0.15) is 0 Å². The highest BCUT2D eigenvalue weighted by atomic mass is 16.3. The van der Waals surface area contributed by atoms with Gasteiger partial charge in [-0.15, -0.1) is 0 Å². The number of nitrogens with zero attached hydrogens (tertiary/aromatic N) is 2. The molecule has 1 atom stereocenters. The van der Waals surface area contributed by atoms with E-state index in [1.54, 1.807) is 0 Å². The van der Waals surface area contributed by atoms with Crippen molar-refractivity contribution in [2.75, 3.05) is 44.2 Å². The van der Waals surface area contributed by atoms with E-state index < -0.39 is 0 Å². The van der Waals surface area contributed by atoms with Crippen LogP contribution in [-0.2, 0) is 0 Å². The summed E-state index contributed by atoms with van der Waals surface area (Å²) >= 11 is 0. The number of β-amino-alcohol motifs (C(OH)–C–C–N with tert-alkyl or cyclic N) is 1. The van der Waals surface area contributed by atoms with Gasteiger partial charge < -0.3 is 15.7 Å². The molecule has 1 fully saturated rings. The Morgan fingerprint density at radius 1 is 1.21 bits per heavy atom. The topological polar surface area (TPSA) is 52.7 Å². The molecule has 0 bridgehead atoms. The van der Waals surface area contributed by atoms with Crippen LogP contribution in [0.5, 0.6) is 0 Å². The number of para-hydroxylation sites is 1. The number of anilines is 1. The Labute approximate surface area is 115 Å². The summed E-state index contributed by atoms with van der Waals surface area (Å²) in [6, 6.07) is 8.53. The van der Waals surface area contributed by atoms with Crippen LogP contribution in [0.3, 0.4) is 0 Å². The predicted molar refractivity (Wildman–Crippen MR) is 79.5 cm³/mol. The van der Waals surface area contributed by atoms with E-state index in [0.29, 0.717) is 13.0 Å². The van der Waals surface area contributed by atoms with Gasteiger partial charge in [0.25, 0.3) is 0 Å². The lowest BCUT2D eigenvalue weighted by Gasteiger charge is -2.37. The fraction of sp³-hybridized carbons (Fsp3) is 0.600. The predicted octanol–water partition coefficient (Wildman–Crippen LogP) is 0.827. The standard InChI is InChI=1S/C15H25N3O/c1-13-4-2-3-5-15(13)18-10-8-17(9-11-18)12-14(19)6-7-16/h2-5,14,19H,6-12,16H2,1H3. The third-order valence-electron chi connectivity index (χ3n) is 3.80. The van der Waals surface area contributed by atoms with Gasteiger partial charge >= 0.3 is 0 Å². The highest BCUT2D eigenvalue weighted by Crippen LogP contribution is 2.20. The minimum absolute atomic E-state index is 0.282. The van der Waals surface area contributed by atoms with E-state index >= 15 is 0 Å². The smallest absolute Gasteiger partial charge is 0.0679 e. The molecule has 2 rings (SSSR count). The Morgan fingerprint density at radius 2 is 1.89 bits per heavy atom. The van der Waals surface area contributed by atoms with Crippen LogP contribution in [0.4, 0.5) is 5.69 Å². The molecular weight excluding hydrogens is 238 g/mol. The van der Waals surface area contributed by atoms with E-state index in [4.69, 9.17) is 5.73 Å². The third kappa shape index (κ3) is 3.93. The van der Waals surface area contributed by atoms with Crippen molar-refractivity contribution >= 4 is 5.69 Å². The van der Waals surface area contributed by atoms with Crippen LogP contribution in [-0.4, -0.2) is 55.4 Å². The molecular formula is C15H25N3O. The molecule has 106 valence electrons. The maximum Gasteiger partial charge on any atom is 0.0679 e. The molecule has 1 saturated heterocycles. The fourth-order valence-corrected chi connectivity index (χ4v) is 2.67. The van der Waals surface area contributed by atoms with E-state index in [1.807, 2.05) is 0 Å². The molecule has 19 heavy (non-hydrogen) atoms. The second kappa shape index (κ2) is 6.89. The monoisotopic (exact) mass is 263 g/mol. The molecule has 1 aromatic rings. The quantitative estimate of drug-likeness (QED) is 0.826. The summed E-state index contributed by atoms with van der Waals surface area (Å²) in [4.78, 5) is 4.76. The molecule has 3 N–H and O–H groups in total. The number of nitrogens with two attached hydrogens (primary N) is 1. The Kier molecular flexibility index (Phi) is 5.19. The molecule has 1 heterocycles. The Bertz CT molecular complexity index is 389. The number of hydrogen-bond acceptors (Lipinski definition) is 4. The van der Waals surface area contributed by atoms with E-state index in [1.165, 1.54) is 11.3 Å². The minimum atomic E-state index is -0.282. The summed E-state index contributed by atoms with van der Waals surface area (Å²) in [7, 11) is 0. The SMILES string of the molecule is Cc1ccccc1N1CCN(CC(O)CCN)CC1. The maximum atomic E-state index is 9.79. The lowest BCUT2D eigenvalue weighted by Crippen LogP contribution is -2.49. The van der Waals surface area contributed by atoms with Crippen molar-refractivity contribution in [3.63, 3.8) is 0 Å². The van der Waals surface area contributed by atoms with Crippen molar-refractivity contribution in [3.05, 3.63) is 29.8 Å². The highest BCUT2D eigenvalue weighted by Gasteiger charge is 2.19. The molecule has 1 aromatic carbocycles. The molecule has 1 unspecified atom stereocenters. The molecule has 0 spiro atoms. The van der Waals surface area contributed by atoms with Gasteiger partial charge in [-0.25, -0.2) is 0 Å². The van der Waals surface area contributed by atoms with Gasteiger partial charge in [0.2, 0.25) is 0 Å². The first-order valence-corrected chi connectivity index (χ1v) is 7.12. The van der Waals surface area contributed by atoms with Crippen molar-refractivity contribution in [1.82, 2.24) is 4.90 Å². The summed E-state index contributed by atoms with van der Waals surface area (Å²) < 4.78 is 0. The molecule has 0 saturated carbocycles. The van der Waals surface area contributed by atoms with Crippen LogP contribution in [0.2, 0.25) is 0 Å². The average molecular weight is 263 g/mol. The summed E-state index contributed by atoms with van der Waals surface area (Å²) in [5, 5.41) is 9.79. The van der Waals surface area contributed by atoms with E-state index in [9.17, 15) is 5.11 Å². The molecule has 0 amide bonds. The summed E-state index contributed by atoms with van der Waals surface area (Å²) in [5.41, 5.74) is 8.13. The van der Waals surface area contributed by atoms with Crippen LogP contribution in [0.1, 0.15) is 12.0 Å². The van der Waals surface area contributed by atoms with Gasteiger partial charge in [-0.3, -0.25) is 4.90 Å². The summed E-state index contributed by atoms with van der Waals surface area (Å²) in [5.74, 6) is 0. The van der Waals surface area contributed by atoms with Crippen molar-refractivity contribution < 1.29 is 5.11 Å². The molecule has 1 aliphatic heterocycles. The van der Waals surface area contributed by atoms with Crippen LogP contribution in [0.25, 0.3) is 0 Å². The van der Waals surface area contributed by atoms with Gasteiger partial charge in [0, 0.05) is 38.4 Å². The number of benzene rings is 1. The molecule has 0 aromatic heterocycles. The zero-order valence-electron chi connectivity index (χ0n) is 11.8. The average Bonchev–Trinajstić information content (AvgIpc) is 2.41. The molecule has 0 radical (unpaired) electrons. The van der Waals surface area contributed by atoms with Crippen LogP contribution >= 0.6 is 0 Å². The second-order valence-corrected chi connectivity index (χ2v) is 5.31. The van der Waals surface area contributed by atoms with Crippen molar-refractivity contribution in [1.29, 1.82) is 0 Å². The zero-order chi connectivity index (χ0) is 13.7. The van der Waals surface area contributed by atoms with E-state index in [2.05, 4.69) is 41.0 Å². The minimum Gasteiger partial charge on any atom is -0.392 e.